The van der Waals surface area contributed by atoms with E-state index in [0.29, 0.717) is 19.1 Å². The van der Waals surface area contributed by atoms with E-state index in [9.17, 15) is 0 Å². The molecular weight excluding hydrogens is 220 g/mol. The maximum Gasteiger partial charge on any atom is 0.245 e. The van der Waals surface area contributed by atoms with E-state index in [0.717, 1.165) is 11.4 Å². The van der Waals surface area contributed by atoms with Gasteiger partial charge in [-0.05, 0) is 20.8 Å². The number of nitrogens with zero attached hydrogens (tertiary/aromatic N) is 4. The van der Waals surface area contributed by atoms with Crippen LogP contribution in [0.4, 0.5) is 5.95 Å². The Labute approximate surface area is 101 Å². The van der Waals surface area contributed by atoms with E-state index in [1.807, 2.05) is 25.7 Å². The van der Waals surface area contributed by atoms with Crippen LogP contribution >= 0.6 is 0 Å². The molecule has 1 N–H and O–H groups in total. The molecule has 94 valence electrons. The average Bonchev–Trinajstić information content (AvgIpc) is 2.33. The predicted octanol–water partition coefficient (Wildman–Crippen LogP) is 0.0744. The Morgan fingerprint density at radius 1 is 1.35 bits per heavy atom. The molecule has 17 heavy (non-hydrogen) atoms. The normalized spacial score (nSPS) is 25.1. The van der Waals surface area contributed by atoms with Crippen molar-refractivity contribution in [3.63, 3.8) is 0 Å². The molecule has 6 nitrogen and oxygen atoms in total. The van der Waals surface area contributed by atoms with Gasteiger partial charge in [-0.1, -0.05) is 0 Å². The minimum Gasteiger partial charge on any atom is -0.394 e. The van der Waals surface area contributed by atoms with Crippen LogP contribution in [0.15, 0.2) is 0 Å². The van der Waals surface area contributed by atoms with Crippen molar-refractivity contribution < 1.29 is 9.84 Å². The highest BCUT2D eigenvalue weighted by Crippen LogP contribution is 2.17. The first-order valence-corrected chi connectivity index (χ1v) is 5.79. The summed E-state index contributed by atoms with van der Waals surface area (Å²) in [5.41, 5.74) is 1.72. The number of hydrogen-bond acceptors (Lipinski definition) is 6. The third-order valence-electron chi connectivity index (χ3n) is 3.05. The number of ether oxygens (including phenoxy) is 1. The van der Waals surface area contributed by atoms with Gasteiger partial charge >= 0.3 is 0 Å². The number of hydrogen-bond donors (Lipinski definition) is 1. The quantitative estimate of drug-likeness (QED) is 0.786. The molecule has 6 heteroatoms. The zero-order chi connectivity index (χ0) is 12.4. The Bertz CT molecular complexity index is 399. The van der Waals surface area contributed by atoms with Crippen LogP contribution in [0.5, 0.6) is 0 Å². The minimum atomic E-state index is -0.170. The molecule has 0 spiro atoms. The SMILES string of the molecule is Cc1nnc(N2CC(CO)OCC2C)nc1C. The summed E-state index contributed by atoms with van der Waals surface area (Å²) in [5.74, 6) is 0.613. The van der Waals surface area contributed by atoms with E-state index in [1.54, 1.807) is 0 Å². The predicted molar refractivity (Wildman–Crippen MR) is 62.9 cm³/mol. The van der Waals surface area contributed by atoms with Crippen LogP contribution in [0.1, 0.15) is 18.3 Å². The summed E-state index contributed by atoms with van der Waals surface area (Å²) >= 11 is 0. The van der Waals surface area contributed by atoms with Crippen molar-refractivity contribution >= 4 is 5.95 Å². The lowest BCUT2D eigenvalue weighted by Crippen LogP contribution is -2.50. The molecule has 0 bridgehead atoms. The zero-order valence-electron chi connectivity index (χ0n) is 10.4. The number of aliphatic hydroxyl groups excluding tert-OH is 1. The second-order valence-electron chi connectivity index (χ2n) is 4.42. The number of morpholine rings is 1. The van der Waals surface area contributed by atoms with E-state index < -0.39 is 0 Å². The molecule has 1 fully saturated rings. The van der Waals surface area contributed by atoms with Crippen molar-refractivity contribution in [2.45, 2.75) is 32.9 Å². The fourth-order valence-corrected chi connectivity index (χ4v) is 1.77. The summed E-state index contributed by atoms with van der Waals surface area (Å²) in [6.07, 6.45) is -0.170. The van der Waals surface area contributed by atoms with E-state index in [1.165, 1.54) is 0 Å². The fourth-order valence-electron chi connectivity index (χ4n) is 1.77. The highest BCUT2D eigenvalue weighted by Gasteiger charge is 2.27. The standard InChI is InChI=1S/C11H18N4O2/c1-7-6-17-10(5-16)4-15(7)11-12-8(2)9(3)13-14-11/h7,10,16H,4-6H2,1-3H3. The van der Waals surface area contributed by atoms with Crippen molar-refractivity contribution in [2.24, 2.45) is 0 Å². The van der Waals surface area contributed by atoms with Gasteiger partial charge in [0.2, 0.25) is 5.95 Å². The van der Waals surface area contributed by atoms with E-state index >= 15 is 0 Å². The third-order valence-corrected chi connectivity index (χ3v) is 3.05. The van der Waals surface area contributed by atoms with Gasteiger partial charge in [-0.25, -0.2) is 4.98 Å². The Morgan fingerprint density at radius 2 is 2.12 bits per heavy atom. The first kappa shape index (κ1) is 12.2. The highest BCUT2D eigenvalue weighted by atomic mass is 16.5. The molecule has 2 atom stereocenters. The molecule has 1 aromatic rings. The van der Waals surface area contributed by atoms with Gasteiger partial charge in [-0.3, -0.25) is 0 Å². The number of aliphatic hydroxyl groups is 1. The number of aryl methyl sites for hydroxylation is 2. The number of aromatic nitrogens is 3. The maximum atomic E-state index is 9.13. The van der Waals surface area contributed by atoms with E-state index in [4.69, 9.17) is 9.84 Å². The molecule has 1 saturated heterocycles. The smallest absolute Gasteiger partial charge is 0.245 e. The van der Waals surface area contributed by atoms with Gasteiger partial charge in [0.1, 0.15) is 0 Å². The van der Waals surface area contributed by atoms with Crippen LogP contribution in [0, 0.1) is 13.8 Å². The Morgan fingerprint density at radius 3 is 2.76 bits per heavy atom. The van der Waals surface area contributed by atoms with Crippen LogP contribution in [-0.2, 0) is 4.74 Å². The number of rotatable bonds is 2. The van der Waals surface area contributed by atoms with E-state index in [-0.39, 0.29) is 18.8 Å². The van der Waals surface area contributed by atoms with Gasteiger partial charge in [-0.2, -0.15) is 5.10 Å². The molecule has 2 rings (SSSR count). The average molecular weight is 238 g/mol. The summed E-state index contributed by atoms with van der Waals surface area (Å²) in [7, 11) is 0. The maximum absolute atomic E-state index is 9.13. The summed E-state index contributed by atoms with van der Waals surface area (Å²) in [6.45, 7) is 7.04. The summed E-state index contributed by atoms with van der Waals surface area (Å²) in [5, 5.41) is 17.3. The molecule has 0 radical (unpaired) electrons. The lowest BCUT2D eigenvalue weighted by atomic mass is 10.2. The topological polar surface area (TPSA) is 71.4 Å². The molecule has 0 amide bonds. The van der Waals surface area contributed by atoms with Crippen LogP contribution in [0.2, 0.25) is 0 Å². The van der Waals surface area contributed by atoms with Crippen molar-refractivity contribution in [3.05, 3.63) is 11.4 Å². The summed E-state index contributed by atoms with van der Waals surface area (Å²) in [6, 6.07) is 0.196. The Kier molecular flexibility index (Phi) is 3.54. The molecule has 2 heterocycles. The molecule has 0 aromatic carbocycles. The molecule has 1 aromatic heterocycles. The summed E-state index contributed by atoms with van der Waals surface area (Å²) < 4.78 is 5.48. The monoisotopic (exact) mass is 238 g/mol. The van der Waals surface area contributed by atoms with Crippen LogP contribution in [0.25, 0.3) is 0 Å². The Balaban J connectivity index is 2.21. The van der Waals surface area contributed by atoms with Crippen LogP contribution < -0.4 is 4.90 Å². The lowest BCUT2D eigenvalue weighted by Gasteiger charge is -2.37. The van der Waals surface area contributed by atoms with E-state index in [2.05, 4.69) is 15.2 Å². The molecule has 1 aliphatic rings. The van der Waals surface area contributed by atoms with Crippen molar-refractivity contribution in [1.29, 1.82) is 0 Å². The van der Waals surface area contributed by atoms with Gasteiger partial charge in [0.05, 0.1) is 36.7 Å². The van der Waals surface area contributed by atoms with Crippen molar-refractivity contribution in [1.82, 2.24) is 15.2 Å². The van der Waals surface area contributed by atoms with Crippen molar-refractivity contribution in [2.75, 3.05) is 24.7 Å². The summed E-state index contributed by atoms with van der Waals surface area (Å²) in [4.78, 5) is 6.46. The molecule has 0 aliphatic carbocycles. The Hall–Kier alpha value is -1.27. The molecule has 0 saturated carbocycles. The van der Waals surface area contributed by atoms with Gasteiger partial charge in [0.15, 0.2) is 0 Å². The fraction of sp³-hybridized carbons (Fsp3) is 0.727. The second-order valence-corrected chi connectivity index (χ2v) is 4.42. The largest absolute Gasteiger partial charge is 0.394 e. The highest BCUT2D eigenvalue weighted by molar-refractivity contribution is 5.32. The lowest BCUT2D eigenvalue weighted by molar-refractivity contribution is -0.0109. The van der Waals surface area contributed by atoms with Crippen LogP contribution in [-0.4, -0.2) is 52.2 Å². The molecule has 1 aliphatic heterocycles. The molecular formula is C11H18N4O2. The third kappa shape index (κ3) is 2.53. The second kappa shape index (κ2) is 4.93. The van der Waals surface area contributed by atoms with Gasteiger partial charge in [-0.15, -0.1) is 5.10 Å². The molecule has 2 unspecified atom stereocenters. The van der Waals surface area contributed by atoms with Gasteiger partial charge in [0.25, 0.3) is 0 Å². The van der Waals surface area contributed by atoms with Gasteiger partial charge < -0.3 is 14.7 Å². The minimum absolute atomic E-state index is 0.0154. The first-order chi connectivity index (χ1) is 8.11. The number of anilines is 1. The first-order valence-electron chi connectivity index (χ1n) is 5.79. The van der Waals surface area contributed by atoms with Crippen LogP contribution in [0.3, 0.4) is 0 Å². The zero-order valence-corrected chi connectivity index (χ0v) is 10.4. The van der Waals surface area contributed by atoms with Gasteiger partial charge in [0, 0.05) is 6.54 Å². The van der Waals surface area contributed by atoms with Crippen molar-refractivity contribution in [3.8, 4) is 0 Å².